The maximum atomic E-state index is 12.1. The Morgan fingerprint density at radius 2 is 1.78 bits per heavy atom. The minimum Gasteiger partial charge on any atom is -0.366 e. The minimum absolute atomic E-state index is 0.110. The molecule has 2 aromatic carbocycles. The Morgan fingerprint density at radius 3 is 2.39 bits per heavy atom. The van der Waals surface area contributed by atoms with E-state index >= 15 is 0 Å². The van der Waals surface area contributed by atoms with E-state index < -0.39 is 5.91 Å². The summed E-state index contributed by atoms with van der Waals surface area (Å²) in [5.41, 5.74) is 7.22. The molecule has 0 aliphatic heterocycles. The number of carbonyl (C=O) groups excluding carboxylic acids is 2. The van der Waals surface area contributed by atoms with Gasteiger partial charge in [0.05, 0.1) is 7.05 Å². The van der Waals surface area contributed by atoms with Crippen LogP contribution in [-0.4, -0.2) is 25.4 Å². The number of rotatable bonds is 6. The van der Waals surface area contributed by atoms with Crippen molar-refractivity contribution in [3.63, 3.8) is 0 Å². The molecule has 120 valence electrons. The Morgan fingerprint density at radius 1 is 1.13 bits per heavy atom. The van der Waals surface area contributed by atoms with Crippen molar-refractivity contribution in [2.24, 2.45) is 5.73 Å². The van der Waals surface area contributed by atoms with Crippen molar-refractivity contribution >= 4 is 29.1 Å². The van der Waals surface area contributed by atoms with E-state index in [1.165, 1.54) is 0 Å². The molecule has 0 saturated heterocycles. The topological polar surface area (TPSA) is 76.6 Å². The molecule has 1 unspecified atom stereocenters. The van der Waals surface area contributed by atoms with Crippen molar-refractivity contribution in [3.8, 4) is 0 Å². The molecule has 0 heterocycles. The highest BCUT2D eigenvalue weighted by Gasteiger charge is 2.12. The van der Waals surface area contributed by atoms with E-state index in [9.17, 15) is 9.59 Å². The molecule has 1 atom stereocenters. The van der Waals surface area contributed by atoms with Gasteiger partial charge in [0.2, 0.25) is 5.91 Å². The Hall–Kier alpha value is -2.37. The predicted molar refractivity (Wildman–Crippen MR) is 90.5 cm³/mol. The number of hydrogen-bond donors (Lipinski definition) is 3. The molecular formula is C17H19ClN3O2+. The van der Waals surface area contributed by atoms with E-state index in [0.717, 1.165) is 10.5 Å². The fourth-order valence-electron chi connectivity index (χ4n) is 2.23. The first kappa shape index (κ1) is 17.0. The van der Waals surface area contributed by atoms with Crippen molar-refractivity contribution in [2.45, 2.75) is 6.54 Å². The summed E-state index contributed by atoms with van der Waals surface area (Å²) in [6.45, 7) is 0.969. The summed E-state index contributed by atoms with van der Waals surface area (Å²) in [5, 5.41) is 3.50. The van der Waals surface area contributed by atoms with Crippen LogP contribution in [0.3, 0.4) is 0 Å². The quantitative estimate of drug-likeness (QED) is 0.740. The average Bonchev–Trinajstić information content (AvgIpc) is 2.50. The van der Waals surface area contributed by atoms with E-state index in [0.29, 0.717) is 29.4 Å². The van der Waals surface area contributed by atoms with Crippen LogP contribution in [0.2, 0.25) is 5.02 Å². The molecule has 0 bridgehead atoms. The van der Waals surface area contributed by atoms with Gasteiger partial charge in [-0.1, -0.05) is 29.8 Å². The number of carbonyl (C=O) groups is 2. The maximum Gasteiger partial charge on any atom is 0.279 e. The molecule has 0 aliphatic carbocycles. The highest BCUT2D eigenvalue weighted by molar-refractivity contribution is 6.31. The second-order valence-corrected chi connectivity index (χ2v) is 5.80. The number of primary amides is 1. The van der Waals surface area contributed by atoms with Gasteiger partial charge in [0.1, 0.15) is 6.54 Å². The highest BCUT2D eigenvalue weighted by atomic mass is 35.5. The zero-order valence-electron chi connectivity index (χ0n) is 12.8. The van der Waals surface area contributed by atoms with Gasteiger partial charge in [-0.25, -0.2) is 0 Å². The molecule has 4 N–H and O–H groups in total. The van der Waals surface area contributed by atoms with Crippen LogP contribution in [0.1, 0.15) is 15.9 Å². The van der Waals surface area contributed by atoms with Crippen LogP contribution in [0.5, 0.6) is 0 Å². The van der Waals surface area contributed by atoms with E-state index in [2.05, 4.69) is 5.32 Å². The first-order valence-electron chi connectivity index (χ1n) is 7.20. The number of halogens is 1. The third-order valence-corrected chi connectivity index (χ3v) is 3.73. The summed E-state index contributed by atoms with van der Waals surface area (Å²) in [5.74, 6) is -0.604. The molecule has 0 aromatic heterocycles. The lowest BCUT2D eigenvalue weighted by Crippen LogP contribution is -3.08. The smallest absolute Gasteiger partial charge is 0.279 e. The van der Waals surface area contributed by atoms with Gasteiger partial charge in [-0.05, 0) is 30.3 Å². The van der Waals surface area contributed by atoms with Crippen LogP contribution < -0.4 is 16.0 Å². The number of nitrogens with two attached hydrogens (primary N) is 1. The lowest BCUT2D eigenvalue weighted by molar-refractivity contribution is -0.885. The fraction of sp³-hybridized carbons (Fsp3) is 0.176. The Labute approximate surface area is 140 Å². The van der Waals surface area contributed by atoms with Crippen LogP contribution in [0.25, 0.3) is 0 Å². The van der Waals surface area contributed by atoms with Crippen molar-refractivity contribution in [3.05, 3.63) is 64.7 Å². The number of quaternary nitrogens is 1. The van der Waals surface area contributed by atoms with E-state index in [4.69, 9.17) is 17.3 Å². The number of likely N-dealkylation sites (N-methyl/N-ethyl adjacent to an activating group) is 1. The number of anilines is 1. The van der Waals surface area contributed by atoms with Crippen LogP contribution in [0, 0.1) is 0 Å². The first-order chi connectivity index (χ1) is 11.0. The molecule has 0 saturated carbocycles. The molecule has 23 heavy (non-hydrogen) atoms. The third-order valence-electron chi connectivity index (χ3n) is 3.37. The molecule has 2 rings (SSSR count). The summed E-state index contributed by atoms with van der Waals surface area (Å²) in [4.78, 5) is 24.1. The average molecular weight is 333 g/mol. The second-order valence-electron chi connectivity index (χ2n) is 5.39. The Bertz CT molecular complexity index is 701. The van der Waals surface area contributed by atoms with Crippen molar-refractivity contribution in [1.29, 1.82) is 0 Å². The number of benzene rings is 2. The monoisotopic (exact) mass is 332 g/mol. The molecule has 0 aliphatic rings. The maximum absolute atomic E-state index is 12.1. The predicted octanol–water partition coefficient (Wildman–Crippen LogP) is 1.09. The van der Waals surface area contributed by atoms with Crippen molar-refractivity contribution in [1.82, 2.24) is 0 Å². The second kappa shape index (κ2) is 7.76. The SMILES string of the molecule is C[NH+](CC(=O)Nc1ccc(C(N)=O)cc1)Cc1ccccc1Cl. The Kier molecular flexibility index (Phi) is 5.73. The van der Waals surface area contributed by atoms with E-state index in [1.807, 2.05) is 31.3 Å². The van der Waals surface area contributed by atoms with Gasteiger partial charge in [0.15, 0.2) is 6.54 Å². The molecule has 0 radical (unpaired) electrons. The van der Waals surface area contributed by atoms with Crippen LogP contribution >= 0.6 is 11.6 Å². The van der Waals surface area contributed by atoms with Crippen LogP contribution in [-0.2, 0) is 11.3 Å². The number of hydrogen-bond acceptors (Lipinski definition) is 2. The fourth-order valence-corrected chi connectivity index (χ4v) is 2.43. The van der Waals surface area contributed by atoms with Gasteiger partial charge in [0, 0.05) is 21.8 Å². The van der Waals surface area contributed by atoms with Gasteiger partial charge < -0.3 is 16.0 Å². The molecule has 2 amide bonds. The van der Waals surface area contributed by atoms with Crippen LogP contribution in [0.4, 0.5) is 5.69 Å². The summed E-state index contributed by atoms with van der Waals surface area (Å²) in [6.07, 6.45) is 0. The van der Waals surface area contributed by atoms with Crippen molar-refractivity contribution < 1.29 is 14.5 Å². The van der Waals surface area contributed by atoms with Gasteiger partial charge in [-0.15, -0.1) is 0 Å². The summed E-state index contributed by atoms with van der Waals surface area (Å²) in [6, 6.07) is 14.1. The molecule has 0 fully saturated rings. The normalized spacial score (nSPS) is 11.7. The van der Waals surface area contributed by atoms with Crippen LogP contribution in [0.15, 0.2) is 48.5 Å². The lowest BCUT2D eigenvalue weighted by Gasteiger charge is -2.14. The van der Waals surface area contributed by atoms with E-state index in [1.54, 1.807) is 24.3 Å². The minimum atomic E-state index is -0.494. The van der Waals surface area contributed by atoms with Gasteiger partial charge in [-0.2, -0.15) is 0 Å². The Balaban J connectivity index is 1.89. The molecular weight excluding hydrogens is 314 g/mol. The molecule has 2 aromatic rings. The van der Waals surface area contributed by atoms with Gasteiger partial charge >= 0.3 is 0 Å². The largest absolute Gasteiger partial charge is 0.366 e. The highest BCUT2D eigenvalue weighted by Crippen LogP contribution is 2.13. The molecule has 6 heteroatoms. The zero-order valence-corrected chi connectivity index (χ0v) is 13.6. The number of amides is 2. The van der Waals surface area contributed by atoms with Crippen molar-refractivity contribution in [2.75, 3.05) is 18.9 Å². The van der Waals surface area contributed by atoms with Gasteiger partial charge in [0.25, 0.3) is 5.91 Å². The lowest BCUT2D eigenvalue weighted by atomic mass is 10.2. The first-order valence-corrected chi connectivity index (χ1v) is 7.58. The summed E-state index contributed by atoms with van der Waals surface area (Å²) >= 11 is 6.12. The summed E-state index contributed by atoms with van der Waals surface area (Å²) in [7, 11) is 1.93. The van der Waals surface area contributed by atoms with Gasteiger partial charge in [-0.3, -0.25) is 9.59 Å². The molecule has 0 spiro atoms. The third kappa shape index (κ3) is 5.09. The van der Waals surface area contributed by atoms with E-state index in [-0.39, 0.29) is 5.91 Å². The zero-order chi connectivity index (χ0) is 16.8. The molecule has 5 nitrogen and oxygen atoms in total. The standard InChI is InChI=1S/C17H18ClN3O2/c1-21(10-13-4-2-3-5-15(13)18)11-16(22)20-14-8-6-12(7-9-14)17(19)23/h2-9H,10-11H2,1H3,(H2,19,23)(H,20,22)/p+1. The summed E-state index contributed by atoms with van der Waals surface area (Å²) < 4.78 is 0. The number of nitrogens with one attached hydrogen (secondary N) is 2.